The molecule has 0 unspecified atom stereocenters. The van der Waals surface area contributed by atoms with Gasteiger partial charge in [-0.2, -0.15) is 0 Å². The van der Waals surface area contributed by atoms with Gasteiger partial charge in [0.05, 0.1) is 22.7 Å². The van der Waals surface area contributed by atoms with E-state index in [-0.39, 0.29) is 5.82 Å². The first-order valence-electron chi connectivity index (χ1n) is 10.1. The minimum absolute atomic E-state index is 0.261. The fourth-order valence-electron chi connectivity index (χ4n) is 4.19. The number of hydrogen-bond donors (Lipinski definition) is 0. The van der Waals surface area contributed by atoms with Crippen LogP contribution in [0.1, 0.15) is 5.82 Å². The van der Waals surface area contributed by atoms with E-state index in [9.17, 15) is 4.39 Å². The van der Waals surface area contributed by atoms with Crippen LogP contribution in [0.4, 0.5) is 4.39 Å². The summed E-state index contributed by atoms with van der Waals surface area (Å²) in [4.78, 5) is 13.9. The topological polar surface area (TPSA) is 43.6 Å². The summed E-state index contributed by atoms with van der Waals surface area (Å²) >= 11 is 0. The highest BCUT2D eigenvalue weighted by Gasteiger charge is 2.14. The summed E-state index contributed by atoms with van der Waals surface area (Å²) in [5.41, 5.74) is 6.60. The highest BCUT2D eigenvalue weighted by Crippen LogP contribution is 2.31. The molecule has 4 nitrogen and oxygen atoms in total. The molecule has 0 N–H and O–H groups in total. The van der Waals surface area contributed by atoms with E-state index < -0.39 is 0 Å². The number of imidazole rings is 1. The number of aromatic nitrogens is 4. The van der Waals surface area contributed by atoms with E-state index in [1.165, 1.54) is 12.1 Å². The molecule has 5 heteroatoms. The number of nitrogens with zero attached hydrogens (tertiary/aromatic N) is 4. The fraction of sp³-hybridized carbons (Fsp3) is 0.0385. The summed E-state index contributed by atoms with van der Waals surface area (Å²) in [6.07, 6.45) is 3.70. The van der Waals surface area contributed by atoms with E-state index in [1.54, 1.807) is 18.3 Å². The molecular weight excluding hydrogens is 387 g/mol. The minimum Gasteiger partial charge on any atom is -0.296 e. The molecule has 148 valence electrons. The predicted octanol–water partition coefficient (Wildman–Crippen LogP) is 6.24. The Morgan fingerprint density at radius 3 is 2.42 bits per heavy atom. The smallest absolute Gasteiger partial charge is 0.123 e. The lowest BCUT2D eigenvalue weighted by Crippen LogP contribution is -1.97. The van der Waals surface area contributed by atoms with E-state index in [0.29, 0.717) is 0 Å². The third-order valence-corrected chi connectivity index (χ3v) is 5.66. The van der Waals surface area contributed by atoms with Crippen molar-refractivity contribution in [3.05, 3.63) is 96.8 Å². The zero-order valence-electron chi connectivity index (χ0n) is 16.7. The average Bonchev–Trinajstić information content (AvgIpc) is 3.15. The second-order valence-electron chi connectivity index (χ2n) is 7.61. The van der Waals surface area contributed by atoms with Gasteiger partial charge in [0.2, 0.25) is 0 Å². The van der Waals surface area contributed by atoms with Gasteiger partial charge in [0.1, 0.15) is 17.2 Å². The minimum atomic E-state index is -0.261. The Hall–Kier alpha value is -4.12. The lowest BCUT2D eigenvalue weighted by atomic mass is 10.0. The van der Waals surface area contributed by atoms with E-state index in [0.717, 1.165) is 55.5 Å². The number of para-hydroxylation sites is 1. The molecule has 3 heterocycles. The summed E-state index contributed by atoms with van der Waals surface area (Å²) in [5.74, 6) is 0.567. The first-order chi connectivity index (χ1) is 15.2. The van der Waals surface area contributed by atoms with E-state index in [4.69, 9.17) is 4.98 Å². The van der Waals surface area contributed by atoms with Gasteiger partial charge in [-0.15, -0.1) is 0 Å². The van der Waals surface area contributed by atoms with Crippen LogP contribution in [0.3, 0.4) is 0 Å². The number of aryl methyl sites for hydroxylation is 1. The third kappa shape index (κ3) is 2.86. The van der Waals surface area contributed by atoms with Crippen molar-refractivity contribution in [3.63, 3.8) is 0 Å². The van der Waals surface area contributed by atoms with Crippen LogP contribution in [0, 0.1) is 12.7 Å². The molecule has 0 bridgehead atoms. The Morgan fingerprint density at radius 1 is 0.742 bits per heavy atom. The molecule has 0 aliphatic heterocycles. The average molecular weight is 404 g/mol. The van der Waals surface area contributed by atoms with Crippen molar-refractivity contribution in [3.8, 4) is 16.8 Å². The van der Waals surface area contributed by atoms with Gasteiger partial charge in [0, 0.05) is 28.2 Å². The van der Waals surface area contributed by atoms with Gasteiger partial charge in [-0.05, 0) is 61.0 Å². The van der Waals surface area contributed by atoms with Crippen LogP contribution in [0.2, 0.25) is 0 Å². The third-order valence-electron chi connectivity index (χ3n) is 5.66. The molecule has 31 heavy (non-hydrogen) atoms. The largest absolute Gasteiger partial charge is 0.296 e. The molecule has 0 aliphatic carbocycles. The van der Waals surface area contributed by atoms with Crippen LogP contribution in [-0.4, -0.2) is 19.5 Å². The molecule has 0 fully saturated rings. The summed E-state index contributed by atoms with van der Waals surface area (Å²) < 4.78 is 15.6. The molecule has 0 aliphatic rings. The second kappa shape index (κ2) is 6.71. The molecule has 0 amide bonds. The maximum Gasteiger partial charge on any atom is 0.123 e. The van der Waals surface area contributed by atoms with E-state index >= 15 is 0 Å². The maximum atomic E-state index is 13.5. The van der Waals surface area contributed by atoms with Crippen molar-refractivity contribution in [1.82, 2.24) is 19.5 Å². The molecule has 6 aromatic rings. The monoisotopic (exact) mass is 404 g/mol. The first-order valence-corrected chi connectivity index (χ1v) is 10.1. The Labute approximate surface area is 177 Å². The lowest BCUT2D eigenvalue weighted by Gasteiger charge is -2.10. The van der Waals surface area contributed by atoms with Crippen molar-refractivity contribution in [2.75, 3.05) is 0 Å². The Kier molecular flexibility index (Phi) is 3.83. The second-order valence-corrected chi connectivity index (χ2v) is 7.61. The molecule has 0 saturated carbocycles. The molecular formula is C26H17FN4. The van der Waals surface area contributed by atoms with Crippen molar-refractivity contribution in [2.24, 2.45) is 0 Å². The zero-order valence-corrected chi connectivity index (χ0v) is 16.7. The van der Waals surface area contributed by atoms with Crippen molar-refractivity contribution in [1.29, 1.82) is 0 Å². The molecule has 3 aromatic carbocycles. The molecule has 6 rings (SSSR count). The van der Waals surface area contributed by atoms with Gasteiger partial charge in [0.15, 0.2) is 0 Å². The highest BCUT2D eigenvalue weighted by atomic mass is 19.1. The summed E-state index contributed by atoms with van der Waals surface area (Å²) in [7, 11) is 0. The highest BCUT2D eigenvalue weighted by molar-refractivity contribution is 6.05. The lowest BCUT2D eigenvalue weighted by molar-refractivity contribution is 0.627. The van der Waals surface area contributed by atoms with Crippen LogP contribution in [0.15, 0.2) is 85.2 Å². The van der Waals surface area contributed by atoms with Crippen LogP contribution in [-0.2, 0) is 0 Å². The van der Waals surface area contributed by atoms with Gasteiger partial charge in [-0.25, -0.2) is 9.37 Å². The van der Waals surface area contributed by atoms with E-state index in [1.807, 2.05) is 37.4 Å². The maximum absolute atomic E-state index is 13.5. The number of benzene rings is 3. The van der Waals surface area contributed by atoms with Crippen LogP contribution in [0.25, 0.3) is 49.7 Å². The molecule has 0 radical (unpaired) electrons. The van der Waals surface area contributed by atoms with Crippen molar-refractivity contribution >= 4 is 32.8 Å². The Morgan fingerprint density at radius 2 is 1.55 bits per heavy atom. The fourth-order valence-corrected chi connectivity index (χ4v) is 4.19. The molecule has 0 spiro atoms. The van der Waals surface area contributed by atoms with Gasteiger partial charge in [-0.3, -0.25) is 14.5 Å². The number of rotatable bonds is 2. The summed E-state index contributed by atoms with van der Waals surface area (Å²) in [5, 5.41) is 2.09. The van der Waals surface area contributed by atoms with Crippen LogP contribution >= 0.6 is 0 Å². The van der Waals surface area contributed by atoms with Crippen molar-refractivity contribution in [2.45, 2.75) is 6.92 Å². The first kappa shape index (κ1) is 17.7. The zero-order chi connectivity index (χ0) is 20.9. The molecule has 0 atom stereocenters. The van der Waals surface area contributed by atoms with Gasteiger partial charge >= 0.3 is 0 Å². The number of fused-ring (bicyclic) bond motifs is 4. The number of hydrogen-bond acceptors (Lipinski definition) is 3. The van der Waals surface area contributed by atoms with Gasteiger partial charge in [-0.1, -0.05) is 24.3 Å². The molecule has 3 aromatic heterocycles. The van der Waals surface area contributed by atoms with Crippen LogP contribution < -0.4 is 0 Å². The van der Waals surface area contributed by atoms with E-state index in [2.05, 4.69) is 38.8 Å². The predicted molar refractivity (Wildman–Crippen MR) is 122 cm³/mol. The quantitative estimate of drug-likeness (QED) is 0.343. The normalized spacial score (nSPS) is 11.5. The van der Waals surface area contributed by atoms with Crippen molar-refractivity contribution < 1.29 is 4.39 Å². The Balaban J connectivity index is 1.62. The standard InChI is InChI=1S/C26H17FN4/c1-16-30-25-15-29-24-11-6-17(19-12-18-4-2-3-5-23(18)28-14-19)13-22(24)26(25)31(16)21-9-7-20(27)8-10-21/h2-15H,1H3. The summed E-state index contributed by atoms with van der Waals surface area (Å²) in [6.45, 7) is 1.95. The van der Waals surface area contributed by atoms with Crippen LogP contribution in [0.5, 0.6) is 0 Å². The van der Waals surface area contributed by atoms with Gasteiger partial charge < -0.3 is 0 Å². The Bertz CT molecular complexity index is 1600. The SMILES string of the molecule is Cc1nc2cnc3ccc(-c4cnc5ccccc5c4)cc3c2n1-c1ccc(F)cc1. The number of halogens is 1. The van der Waals surface area contributed by atoms with Gasteiger partial charge in [0.25, 0.3) is 0 Å². The molecule has 0 saturated heterocycles. The summed E-state index contributed by atoms with van der Waals surface area (Å²) in [6, 6.07) is 23.0. The number of pyridine rings is 2.